The molecule has 0 saturated carbocycles. The van der Waals surface area contributed by atoms with Crippen LogP contribution in [0.15, 0.2) is 54.6 Å². The first-order valence-corrected chi connectivity index (χ1v) is 7.75. The normalized spacial score (nSPS) is 15.8. The van der Waals surface area contributed by atoms with Crippen LogP contribution in [0.1, 0.15) is 31.2 Å². The van der Waals surface area contributed by atoms with Crippen LogP contribution in [0, 0.1) is 0 Å². The van der Waals surface area contributed by atoms with Crippen molar-refractivity contribution >= 4 is 5.91 Å². The molecule has 1 fully saturated rings. The van der Waals surface area contributed by atoms with Crippen LogP contribution in [-0.2, 0) is 11.3 Å². The Morgan fingerprint density at radius 2 is 1.52 bits per heavy atom. The molecule has 1 aliphatic rings. The van der Waals surface area contributed by atoms with Gasteiger partial charge in [-0.25, -0.2) is 0 Å². The Kier molecular flexibility index (Phi) is 4.34. The van der Waals surface area contributed by atoms with Gasteiger partial charge in [0, 0.05) is 19.5 Å². The molecule has 0 aliphatic carbocycles. The predicted octanol–water partition coefficient (Wildman–Crippen LogP) is 4.26. The summed E-state index contributed by atoms with van der Waals surface area (Å²) in [4.78, 5) is 14.0. The second-order valence-electron chi connectivity index (χ2n) is 5.69. The number of amides is 1. The van der Waals surface area contributed by atoms with Gasteiger partial charge in [0.05, 0.1) is 0 Å². The van der Waals surface area contributed by atoms with E-state index in [1.165, 1.54) is 23.1 Å². The Morgan fingerprint density at radius 1 is 0.810 bits per heavy atom. The molecule has 1 amide bonds. The van der Waals surface area contributed by atoms with Crippen LogP contribution in [0.3, 0.4) is 0 Å². The largest absolute Gasteiger partial charge is 0.338 e. The smallest absolute Gasteiger partial charge is 0.222 e. The minimum atomic E-state index is 0.305. The standard InChI is InChI=1S/C19H21NO/c21-19-9-5-2-6-14-20(19)15-16-10-12-18(13-11-16)17-7-3-1-4-8-17/h1,3-4,7-8,10-13H,2,5-6,9,14-15H2. The number of hydrogen-bond acceptors (Lipinski definition) is 1. The van der Waals surface area contributed by atoms with Gasteiger partial charge >= 0.3 is 0 Å². The van der Waals surface area contributed by atoms with Crippen LogP contribution < -0.4 is 0 Å². The van der Waals surface area contributed by atoms with Crippen molar-refractivity contribution in [2.45, 2.75) is 32.2 Å². The van der Waals surface area contributed by atoms with Crippen LogP contribution in [0.4, 0.5) is 0 Å². The number of carbonyl (C=O) groups is 1. The monoisotopic (exact) mass is 279 g/mol. The van der Waals surface area contributed by atoms with Crippen LogP contribution in [0.2, 0.25) is 0 Å². The number of likely N-dealkylation sites (tertiary alicyclic amines) is 1. The van der Waals surface area contributed by atoms with Crippen LogP contribution >= 0.6 is 0 Å². The molecule has 0 atom stereocenters. The molecular formula is C19H21NO. The average molecular weight is 279 g/mol. The van der Waals surface area contributed by atoms with Gasteiger partial charge in [0.25, 0.3) is 0 Å². The first-order chi connectivity index (χ1) is 10.3. The summed E-state index contributed by atoms with van der Waals surface area (Å²) in [5, 5.41) is 0. The summed E-state index contributed by atoms with van der Waals surface area (Å²) in [6.07, 6.45) is 4.06. The minimum Gasteiger partial charge on any atom is -0.338 e. The fourth-order valence-electron chi connectivity index (χ4n) is 2.86. The van der Waals surface area contributed by atoms with Gasteiger partial charge in [-0.2, -0.15) is 0 Å². The van der Waals surface area contributed by atoms with E-state index < -0.39 is 0 Å². The molecule has 1 aliphatic heterocycles. The van der Waals surface area contributed by atoms with Crippen LogP contribution in [0.5, 0.6) is 0 Å². The van der Waals surface area contributed by atoms with E-state index in [4.69, 9.17) is 0 Å². The summed E-state index contributed by atoms with van der Waals surface area (Å²) in [6, 6.07) is 18.9. The molecular weight excluding hydrogens is 258 g/mol. The van der Waals surface area contributed by atoms with Crippen molar-refractivity contribution in [2.75, 3.05) is 6.54 Å². The van der Waals surface area contributed by atoms with E-state index in [1.807, 2.05) is 11.0 Å². The fourth-order valence-corrected chi connectivity index (χ4v) is 2.86. The van der Waals surface area contributed by atoms with E-state index in [-0.39, 0.29) is 0 Å². The summed E-state index contributed by atoms with van der Waals surface area (Å²) < 4.78 is 0. The Labute approximate surface area is 126 Å². The highest BCUT2D eigenvalue weighted by Gasteiger charge is 2.16. The molecule has 0 radical (unpaired) electrons. The molecule has 3 rings (SSSR count). The maximum absolute atomic E-state index is 12.0. The zero-order valence-corrected chi connectivity index (χ0v) is 12.3. The number of benzene rings is 2. The molecule has 0 aromatic heterocycles. The summed E-state index contributed by atoms with van der Waals surface area (Å²) in [5.41, 5.74) is 3.67. The van der Waals surface area contributed by atoms with Crippen molar-refractivity contribution in [3.63, 3.8) is 0 Å². The fraction of sp³-hybridized carbons (Fsp3) is 0.316. The highest BCUT2D eigenvalue weighted by Crippen LogP contribution is 2.20. The minimum absolute atomic E-state index is 0.305. The number of hydrogen-bond donors (Lipinski definition) is 0. The molecule has 0 spiro atoms. The Morgan fingerprint density at radius 3 is 2.29 bits per heavy atom. The summed E-state index contributed by atoms with van der Waals surface area (Å²) >= 11 is 0. The second kappa shape index (κ2) is 6.57. The van der Waals surface area contributed by atoms with E-state index in [0.29, 0.717) is 12.3 Å². The Bertz CT molecular complexity index is 589. The van der Waals surface area contributed by atoms with Gasteiger partial charge in [-0.05, 0) is 29.5 Å². The summed E-state index contributed by atoms with van der Waals surface area (Å²) in [5.74, 6) is 0.305. The Balaban J connectivity index is 1.71. The highest BCUT2D eigenvalue weighted by atomic mass is 16.2. The van der Waals surface area contributed by atoms with Crippen molar-refractivity contribution in [3.05, 3.63) is 60.2 Å². The van der Waals surface area contributed by atoms with Gasteiger partial charge < -0.3 is 4.90 Å². The highest BCUT2D eigenvalue weighted by molar-refractivity contribution is 5.76. The number of carbonyl (C=O) groups excluding carboxylic acids is 1. The summed E-state index contributed by atoms with van der Waals surface area (Å²) in [6.45, 7) is 1.65. The lowest BCUT2D eigenvalue weighted by atomic mass is 10.0. The topological polar surface area (TPSA) is 20.3 Å². The van der Waals surface area contributed by atoms with Crippen LogP contribution in [-0.4, -0.2) is 17.4 Å². The van der Waals surface area contributed by atoms with E-state index in [9.17, 15) is 4.79 Å². The number of rotatable bonds is 3. The average Bonchev–Trinajstić information content (AvgIpc) is 2.74. The zero-order valence-electron chi connectivity index (χ0n) is 12.3. The van der Waals surface area contributed by atoms with Crippen molar-refractivity contribution in [2.24, 2.45) is 0 Å². The lowest BCUT2D eigenvalue weighted by Gasteiger charge is -2.20. The third-order valence-electron chi connectivity index (χ3n) is 4.11. The molecule has 1 saturated heterocycles. The van der Waals surface area contributed by atoms with Crippen molar-refractivity contribution in [3.8, 4) is 11.1 Å². The molecule has 2 nitrogen and oxygen atoms in total. The molecule has 0 unspecified atom stereocenters. The molecule has 108 valence electrons. The van der Waals surface area contributed by atoms with Gasteiger partial charge in [-0.1, -0.05) is 61.0 Å². The van der Waals surface area contributed by atoms with Crippen molar-refractivity contribution < 1.29 is 4.79 Å². The van der Waals surface area contributed by atoms with Gasteiger partial charge in [0.2, 0.25) is 5.91 Å². The van der Waals surface area contributed by atoms with Gasteiger partial charge in [-0.15, -0.1) is 0 Å². The molecule has 2 heteroatoms. The van der Waals surface area contributed by atoms with E-state index >= 15 is 0 Å². The van der Waals surface area contributed by atoms with Crippen molar-refractivity contribution in [1.29, 1.82) is 0 Å². The van der Waals surface area contributed by atoms with Gasteiger partial charge in [0.15, 0.2) is 0 Å². The molecule has 1 heterocycles. The van der Waals surface area contributed by atoms with E-state index in [1.54, 1.807) is 0 Å². The first-order valence-electron chi connectivity index (χ1n) is 7.75. The van der Waals surface area contributed by atoms with Crippen molar-refractivity contribution in [1.82, 2.24) is 4.90 Å². The van der Waals surface area contributed by atoms with E-state index in [0.717, 1.165) is 25.9 Å². The maximum Gasteiger partial charge on any atom is 0.222 e. The molecule has 21 heavy (non-hydrogen) atoms. The first kappa shape index (κ1) is 13.9. The molecule has 2 aromatic carbocycles. The zero-order chi connectivity index (χ0) is 14.5. The van der Waals surface area contributed by atoms with Crippen LogP contribution in [0.25, 0.3) is 11.1 Å². The third kappa shape index (κ3) is 3.52. The van der Waals surface area contributed by atoms with E-state index in [2.05, 4.69) is 48.5 Å². The van der Waals surface area contributed by atoms with Gasteiger partial charge in [-0.3, -0.25) is 4.79 Å². The predicted molar refractivity (Wildman–Crippen MR) is 85.8 cm³/mol. The third-order valence-corrected chi connectivity index (χ3v) is 4.11. The molecule has 0 bridgehead atoms. The molecule has 2 aromatic rings. The number of nitrogens with zero attached hydrogens (tertiary/aromatic N) is 1. The lowest BCUT2D eigenvalue weighted by molar-refractivity contribution is -0.131. The second-order valence-corrected chi connectivity index (χ2v) is 5.69. The van der Waals surface area contributed by atoms with Gasteiger partial charge in [0.1, 0.15) is 0 Å². The maximum atomic E-state index is 12.0. The molecule has 0 N–H and O–H groups in total. The summed E-state index contributed by atoms with van der Waals surface area (Å²) in [7, 11) is 0. The lowest BCUT2D eigenvalue weighted by Crippen LogP contribution is -2.29. The SMILES string of the molecule is O=C1CCCCCN1Cc1ccc(-c2ccccc2)cc1. The quantitative estimate of drug-likeness (QED) is 0.822. The Hall–Kier alpha value is -2.09.